The number of methoxy groups -OCH3 is 1. The molecule has 10 nitrogen and oxygen atoms in total. The average molecular weight is 497 g/mol. The average Bonchev–Trinajstić information content (AvgIpc) is 3.19. The molecule has 0 unspecified atom stereocenters. The molecule has 0 radical (unpaired) electrons. The summed E-state index contributed by atoms with van der Waals surface area (Å²) in [7, 11) is 1.59. The Morgan fingerprint density at radius 2 is 1.89 bits per heavy atom. The molecule has 0 spiro atoms. The summed E-state index contributed by atoms with van der Waals surface area (Å²) < 4.78 is 18.4. The van der Waals surface area contributed by atoms with Crippen LogP contribution in [-0.2, 0) is 9.47 Å². The molecule has 3 aromatic rings. The van der Waals surface area contributed by atoms with Gasteiger partial charge in [0.1, 0.15) is 11.4 Å². The maximum atomic E-state index is 12.5. The molecule has 1 aromatic carbocycles. The molecule has 1 aliphatic rings. The second kappa shape index (κ2) is 10.7. The van der Waals surface area contributed by atoms with Crippen LogP contribution >= 0.6 is 0 Å². The van der Waals surface area contributed by atoms with E-state index in [0.29, 0.717) is 30.4 Å². The van der Waals surface area contributed by atoms with Gasteiger partial charge in [-0.1, -0.05) is 12.1 Å². The number of para-hydroxylation sites is 1. The van der Waals surface area contributed by atoms with Crippen LogP contribution in [0.15, 0.2) is 30.3 Å². The van der Waals surface area contributed by atoms with Crippen molar-refractivity contribution in [2.45, 2.75) is 65.1 Å². The van der Waals surface area contributed by atoms with Gasteiger partial charge < -0.3 is 24.4 Å². The molecule has 4 rings (SSSR count). The minimum absolute atomic E-state index is 0.117. The van der Waals surface area contributed by atoms with Gasteiger partial charge in [0.15, 0.2) is 18.1 Å². The topological polar surface area (TPSA) is 104 Å². The molecule has 1 aliphatic heterocycles. The highest BCUT2D eigenvalue weighted by Gasteiger charge is 2.29. The van der Waals surface area contributed by atoms with Gasteiger partial charge in [-0.25, -0.2) is 4.79 Å². The normalized spacial score (nSPS) is 14.9. The fourth-order valence-electron chi connectivity index (χ4n) is 4.26. The summed E-state index contributed by atoms with van der Waals surface area (Å²) in [6, 6.07) is 10.0. The van der Waals surface area contributed by atoms with Crippen molar-refractivity contribution >= 4 is 22.9 Å². The first-order chi connectivity index (χ1) is 17.2. The Kier molecular flexibility index (Phi) is 7.63. The number of hydrogen-bond acceptors (Lipinski definition) is 8. The Labute approximate surface area is 211 Å². The highest BCUT2D eigenvalue weighted by atomic mass is 16.7. The van der Waals surface area contributed by atoms with Crippen molar-refractivity contribution in [2.24, 2.45) is 0 Å². The number of rotatable bonds is 7. The van der Waals surface area contributed by atoms with Gasteiger partial charge in [-0.15, -0.1) is 10.2 Å². The highest BCUT2D eigenvalue weighted by molar-refractivity contribution is 5.88. The van der Waals surface area contributed by atoms with Crippen LogP contribution in [0, 0.1) is 0 Å². The maximum Gasteiger partial charge on any atom is 0.410 e. The van der Waals surface area contributed by atoms with Crippen molar-refractivity contribution in [1.82, 2.24) is 24.9 Å². The zero-order valence-corrected chi connectivity index (χ0v) is 21.9. The van der Waals surface area contributed by atoms with Crippen LogP contribution in [0.4, 0.5) is 10.6 Å². The van der Waals surface area contributed by atoms with Gasteiger partial charge in [0, 0.05) is 31.8 Å². The summed E-state index contributed by atoms with van der Waals surface area (Å²) in [5.41, 5.74) is 2.62. The van der Waals surface area contributed by atoms with Crippen LogP contribution in [0.25, 0.3) is 22.3 Å². The monoisotopic (exact) mass is 496 g/mol. The minimum atomic E-state index is -0.512. The summed E-state index contributed by atoms with van der Waals surface area (Å²) in [6.07, 6.45) is 1.26. The molecule has 3 heterocycles. The maximum absolute atomic E-state index is 12.5. The lowest BCUT2D eigenvalue weighted by molar-refractivity contribution is 0.0186. The van der Waals surface area contributed by atoms with Crippen LogP contribution in [0.1, 0.15) is 53.5 Å². The Balaban J connectivity index is 1.65. The fourth-order valence-corrected chi connectivity index (χ4v) is 4.26. The molecule has 2 aromatic heterocycles. The summed E-state index contributed by atoms with van der Waals surface area (Å²) in [5, 5.41) is 17.4. The fraction of sp³-hybridized carbons (Fsp3) is 0.538. The number of carbonyl (C=O) groups excluding carboxylic acids is 1. The van der Waals surface area contributed by atoms with Crippen LogP contribution < -0.4 is 10.1 Å². The van der Waals surface area contributed by atoms with E-state index >= 15 is 0 Å². The predicted molar refractivity (Wildman–Crippen MR) is 138 cm³/mol. The highest BCUT2D eigenvalue weighted by Crippen LogP contribution is 2.34. The molecule has 194 valence electrons. The number of carbonyl (C=O) groups is 1. The van der Waals surface area contributed by atoms with E-state index in [-0.39, 0.29) is 25.0 Å². The SMILES string of the molecule is COCOc1ccccc1-c1cc2c(nn1)c(NC(C)C)nn2C1CCN(C(=O)OC(C)(C)C)CC1. The number of nitrogens with zero attached hydrogens (tertiary/aromatic N) is 5. The largest absolute Gasteiger partial charge is 0.467 e. The van der Waals surface area contributed by atoms with Crippen LogP contribution in [-0.4, -0.2) is 69.6 Å². The lowest BCUT2D eigenvalue weighted by atomic mass is 10.1. The number of fused-ring (bicyclic) bond motifs is 1. The van der Waals surface area contributed by atoms with Crippen molar-refractivity contribution < 1.29 is 19.0 Å². The predicted octanol–water partition coefficient (Wildman–Crippen LogP) is 4.87. The molecule has 36 heavy (non-hydrogen) atoms. The van der Waals surface area contributed by atoms with E-state index in [4.69, 9.17) is 19.3 Å². The van der Waals surface area contributed by atoms with Crippen molar-refractivity contribution in [1.29, 1.82) is 0 Å². The summed E-state index contributed by atoms with van der Waals surface area (Å²) >= 11 is 0. The molecular formula is C26H36N6O4. The van der Waals surface area contributed by atoms with E-state index in [1.54, 1.807) is 12.0 Å². The van der Waals surface area contributed by atoms with Gasteiger partial charge in [0.2, 0.25) is 0 Å². The number of ether oxygens (including phenoxy) is 3. The number of benzene rings is 1. The van der Waals surface area contributed by atoms with Crippen molar-refractivity contribution in [3.8, 4) is 17.0 Å². The summed E-state index contributed by atoms with van der Waals surface area (Å²) in [4.78, 5) is 14.3. The molecule has 1 N–H and O–H groups in total. The smallest absolute Gasteiger partial charge is 0.410 e. The lowest BCUT2D eigenvalue weighted by Gasteiger charge is -2.33. The van der Waals surface area contributed by atoms with Crippen molar-refractivity contribution in [3.63, 3.8) is 0 Å². The third-order valence-corrected chi connectivity index (χ3v) is 5.84. The van der Waals surface area contributed by atoms with Crippen LogP contribution in [0.5, 0.6) is 5.75 Å². The standard InChI is InChI=1S/C26H36N6O4/c1-17(2)27-24-23-21(15-20(28-29-23)19-9-7-8-10-22(19)35-16-34-6)32(30-24)18-11-13-31(14-12-18)25(33)36-26(3,4)5/h7-10,15,17-18H,11-14,16H2,1-6H3,(H,27,30). The summed E-state index contributed by atoms with van der Waals surface area (Å²) in [5.74, 6) is 1.38. The van der Waals surface area contributed by atoms with E-state index in [2.05, 4.69) is 29.4 Å². The Morgan fingerprint density at radius 1 is 1.17 bits per heavy atom. The van der Waals surface area contributed by atoms with E-state index < -0.39 is 5.60 Å². The van der Waals surface area contributed by atoms with Gasteiger partial charge in [-0.2, -0.15) is 5.10 Å². The molecule has 1 saturated heterocycles. The van der Waals surface area contributed by atoms with Gasteiger partial charge in [-0.3, -0.25) is 4.68 Å². The minimum Gasteiger partial charge on any atom is -0.467 e. The third-order valence-electron chi connectivity index (χ3n) is 5.84. The molecule has 0 atom stereocenters. The second-order valence-corrected chi connectivity index (χ2v) is 10.3. The molecule has 1 fully saturated rings. The van der Waals surface area contributed by atoms with Crippen molar-refractivity contribution in [2.75, 3.05) is 32.3 Å². The molecule has 0 saturated carbocycles. The van der Waals surface area contributed by atoms with E-state index in [9.17, 15) is 4.79 Å². The van der Waals surface area contributed by atoms with E-state index in [1.165, 1.54) is 0 Å². The molecule has 0 bridgehead atoms. The first-order valence-electron chi connectivity index (χ1n) is 12.4. The first-order valence-corrected chi connectivity index (χ1v) is 12.4. The molecule has 0 aliphatic carbocycles. The molecular weight excluding hydrogens is 460 g/mol. The Morgan fingerprint density at radius 3 is 2.56 bits per heavy atom. The third kappa shape index (κ3) is 5.87. The zero-order valence-electron chi connectivity index (χ0n) is 21.9. The summed E-state index contributed by atoms with van der Waals surface area (Å²) in [6.45, 7) is 11.1. The zero-order chi connectivity index (χ0) is 25.9. The quantitative estimate of drug-likeness (QED) is 0.462. The second-order valence-electron chi connectivity index (χ2n) is 10.3. The van der Waals surface area contributed by atoms with Gasteiger partial charge >= 0.3 is 6.09 Å². The number of amides is 1. The lowest BCUT2D eigenvalue weighted by Crippen LogP contribution is -2.42. The van der Waals surface area contributed by atoms with E-state index in [1.807, 2.05) is 55.8 Å². The van der Waals surface area contributed by atoms with Crippen LogP contribution in [0.3, 0.4) is 0 Å². The number of likely N-dealkylation sites (tertiary alicyclic amines) is 1. The molecule has 10 heteroatoms. The van der Waals surface area contributed by atoms with Gasteiger partial charge in [-0.05, 0) is 65.7 Å². The first kappa shape index (κ1) is 25.7. The van der Waals surface area contributed by atoms with Crippen LogP contribution in [0.2, 0.25) is 0 Å². The number of anilines is 1. The Hall–Kier alpha value is -3.40. The number of hydrogen-bond donors (Lipinski definition) is 1. The van der Waals surface area contributed by atoms with Crippen molar-refractivity contribution in [3.05, 3.63) is 30.3 Å². The Bertz CT molecular complexity index is 1190. The van der Waals surface area contributed by atoms with Gasteiger partial charge in [0.05, 0.1) is 17.3 Å². The number of piperidine rings is 1. The van der Waals surface area contributed by atoms with E-state index in [0.717, 1.165) is 29.4 Å². The number of nitrogens with one attached hydrogen (secondary N) is 1. The molecule has 1 amide bonds. The number of aromatic nitrogens is 4. The van der Waals surface area contributed by atoms with Gasteiger partial charge in [0.25, 0.3) is 0 Å².